The Morgan fingerprint density at radius 1 is 0.970 bits per heavy atom. The van der Waals surface area contributed by atoms with Gasteiger partial charge in [-0.2, -0.15) is 0 Å². The van der Waals surface area contributed by atoms with Gasteiger partial charge in [0.2, 0.25) is 0 Å². The van der Waals surface area contributed by atoms with Gasteiger partial charge in [-0.15, -0.1) is 0 Å². The fourth-order valence-corrected chi connectivity index (χ4v) is 5.27. The lowest BCUT2D eigenvalue weighted by molar-refractivity contribution is 0.0301. The lowest BCUT2D eigenvalue weighted by atomic mass is 9.90. The predicted octanol–water partition coefficient (Wildman–Crippen LogP) is 3.50. The fourth-order valence-electron chi connectivity index (χ4n) is 5.27. The molecule has 2 amide bonds. The summed E-state index contributed by atoms with van der Waals surface area (Å²) in [5.41, 5.74) is 4.66. The normalized spacial score (nSPS) is 20.9. The van der Waals surface area contributed by atoms with Crippen LogP contribution in [0.1, 0.15) is 81.5 Å². The molecule has 0 radical (unpaired) electrons. The number of carbonyl (C=O) groups is 2. The third-order valence-electron chi connectivity index (χ3n) is 7.18. The van der Waals surface area contributed by atoms with Gasteiger partial charge in [-0.05, 0) is 75.1 Å². The number of benzene rings is 1. The van der Waals surface area contributed by atoms with Gasteiger partial charge in [-0.25, -0.2) is 9.97 Å². The Kier molecular flexibility index (Phi) is 6.40. The number of hydrogen-bond acceptors (Lipinski definition) is 5. The van der Waals surface area contributed by atoms with E-state index in [1.54, 1.807) is 11.1 Å². The molecule has 7 heteroatoms. The molecule has 2 aliphatic heterocycles. The van der Waals surface area contributed by atoms with Crippen molar-refractivity contribution in [2.45, 2.75) is 57.9 Å². The van der Waals surface area contributed by atoms with Crippen LogP contribution in [0.25, 0.3) is 0 Å². The number of rotatable bonds is 3. The van der Waals surface area contributed by atoms with Gasteiger partial charge in [-0.3, -0.25) is 9.59 Å². The number of hydrogen-bond donors (Lipinski definition) is 0. The summed E-state index contributed by atoms with van der Waals surface area (Å²) in [6, 6.07) is 6.05. The molecule has 0 saturated carbocycles. The topological polar surface area (TPSA) is 75.6 Å². The van der Waals surface area contributed by atoms with Gasteiger partial charge < -0.3 is 14.5 Å². The molecule has 0 bridgehead atoms. The Morgan fingerprint density at radius 2 is 1.76 bits per heavy atom. The van der Waals surface area contributed by atoms with Crippen molar-refractivity contribution in [3.8, 4) is 0 Å². The van der Waals surface area contributed by atoms with Gasteiger partial charge in [0.05, 0.1) is 30.5 Å². The highest BCUT2D eigenvalue weighted by atomic mass is 16.5. The third kappa shape index (κ3) is 4.51. The summed E-state index contributed by atoms with van der Waals surface area (Å²) in [6.45, 7) is 4.86. The van der Waals surface area contributed by atoms with Crippen LogP contribution in [-0.4, -0.2) is 64.4 Å². The molecule has 7 nitrogen and oxygen atoms in total. The SMILES string of the molecule is Cc1nc(C2CCCCN2C(=O)c2ccc3c(c2)CCCC3)ncc1C(=O)N1CCOCC1. The van der Waals surface area contributed by atoms with Gasteiger partial charge in [0.1, 0.15) is 0 Å². The highest BCUT2D eigenvalue weighted by Gasteiger charge is 2.32. The molecule has 2 fully saturated rings. The van der Waals surface area contributed by atoms with Crippen LogP contribution in [0.3, 0.4) is 0 Å². The van der Waals surface area contributed by atoms with E-state index in [1.807, 2.05) is 17.9 Å². The number of ether oxygens (including phenoxy) is 1. The summed E-state index contributed by atoms with van der Waals surface area (Å²) < 4.78 is 5.35. The molecule has 1 unspecified atom stereocenters. The van der Waals surface area contributed by atoms with Crippen molar-refractivity contribution in [2.24, 2.45) is 0 Å². The quantitative estimate of drug-likeness (QED) is 0.718. The second-order valence-corrected chi connectivity index (χ2v) is 9.33. The zero-order valence-electron chi connectivity index (χ0n) is 19.4. The predicted molar refractivity (Wildman–Crippen MR) is 124 cm³/mol. The van der Waals surface area contributed by atoms with Crippen LogP contribution in [0.2, 0.25) is 0 Å². The molecule has 2 saturated heterocycles. The van der Waals surface area contributed by atoms with Gasteiger partial charge in [0.15, 0.2) is 5.82 Å². The number of carbonyl (C=O) groups excluding carboxylic acids is 2. The van der Waals surface area contributed by atoms with Crippen LogP contribution in [0.15, 0.2) is 24.4 Å². The molecule has 0 spiro atoms. The van der Waals surface area contributed by atoms with Crippen molar-refractivity contribution in [1.82, 2.24) is 19.8 Å². The maximum absolute atomic E-state index is 13.5. The molecule has 5 rings (SSSR count). The van der Waals surface area contributed by atoms with Crippen molar-refractivity contribution in [3.63, 3.8) is 0 Å². The molecule has 33 heavy (non-hydrogen) atoms. The minimum atomic E-state index is -0.159. The second kappa shape index (κ2) is 9.59. The summed E-state index contributed by atoms with van der Waals surface area (Å²) in [4.78, 5) is 39.5. The smallest absolute Gasteiger partial charge is 0.257 e. The summed E-state index contributed by atoms with van der Waals surface area (Å²) in [5, 5.41) is 0. The van der Waals surface area contributed by atoms with Crippen LogP contribution in [0.5, 0.6) is 0 Å². The number of morpholine rings is 1. The Morgan fingerprint density at radius 3 is 2.55 bits per heavy atom. The van der Waals surface area contributed by atoms with E-state index in [4.69, 9.17) is 9.72 Å². The minimum absolute atomic E-state index is 0.0482. The van der Waals surface area contributed by atoms with Gasteiger partial charge in [0.25, 0.3) is 11.8 Å². The van der Waals surface area contributed by atoms with Gasteiger partial charge in [0, 0.05) is 31.4 Å². The average molecular weight is 449 g/mol. The summed E-state index contributed by atoms with van der Waals surface area (Å²) in [7, 11) is 0. The zero-order valence-corrected chi connectivity index (χ0v) is 19.4. The zero-order chi connectivity index (χ0) is 22.8. The van der Waals surface area contributed by atoms with Crippen LogP contribution in [0, 0.1) is 6.92 Å². The first-order valence-corrected chi connectivity index (χ1v) is 12.2. The van der Waals surface area contributed by atoms with E-state index >= 15 is 0 Å². The molecule has 2 aromatic rings. The Hall–Kier alpha value is -2.80. The maximum Gasteiger partial charge on any atom is 0.257 e. The maximum atomic E-state index is 13.5. The first-order chi connectivity index (χ1) is 16.1. The first-order valence-electron chi connectivity index (χ1n) is 12.2. The van der Waals surface area contributed by atoms with Crippen molar-refractivity contribution in [3.05, 3.63) is 58.2 Å². The molecule has 3 aliphatic rings. The number of amides is 2. The Bertz CT molecular complexity index is 1050. The van der Waals surface area contributed by atoms with Gasteiger partial charge in [-0.1, -0.05) is 6.07 Å². The summed E-state index contributed by atoms with van der Waals surface area (Å²) in [6.07, 6.45) is 9.10. The summed E-state index contributed by atoms with van der Waals surface area (Å²) >= 11 is 0. The number of nitrogens with zero attached hydrogens (tertiary/aromatic N) is 4. The molecule has 1 aliphatic carbocycles. The van der Waals surface area contributed by atoms with Gasteiger partial charge >= 0.3 is 0 Å². The number of likely N-dealkylation sites (tertiary alicyclic amines) is 1. The van der Waals surface area contributed by atoms with Crippen molar-refractivity contribution in [1.29, 1.82) is 0 Å². The molecule has 1 atom stereocenters. The van der Waals surface area contributed by atoms with E-state index in [0.29, 0.717) is 49.9 Å². The second-order valence-electron chi connectivity index (χ2n) is 9.33. The van der Waals surface area contributed by atoms with Crippen molar-refractivity contribution in [2.75, 3.05) is 32.8 Å². The molecular formula is C26H32N4O3. The third-order valence-corrected chi connectivity index (χ3v) is 7.18. The molecule has 1 aromatic heterocycles. The van der Waals surface area contributed by atoms with E-state index in [-0.39, 0.29) is 17.9 Å². The number of aryl methyl sites for hydroxylation is 3. The van der Waals surface area contributed by atoms with E-state index in [0.717, 1.165) is 37.7 Å². The Balaban J connectivity index is 1.37. The number of piperidine rings is 1. The van der Waals surface area contributed by atoms with E-state index in [9.17, 15) is 9.59 Å². The average Bonchev–Trinajstić information content (AvgIpc) is 2.88. The van der Waals surface area contributed by atoms with E-state index < -0.39 is 0 Å². The van der Waals surface area contributed by atoms with Crippen LogP contribution < -0.4 is 0 Å². The highest BCUT2D eigenvalue weighted by Crippen LogP contribution is 2.31. The first kappa shape index (κ1) is 22.0. The monoisotopic (exact) mass is 448 g/mol. The van der Waals surface area contributed by atoms with E-state index in [1.165, 1.54) is 24.0 Å². The minimum Gasteiger partial charge on any atom is -0.378 e. The van der Waals surface area contributed by atoms with Crippen molar-refractivity contribution >= 4 is 11.8 Å². The lowest BCUT2D eigenvalue weighted by Gasteiger charge is -2.35. The standard InChI is InChI=1S/C26H32N4O3/c1-18-22(26(32)29-12-14-33-15-13-29)17-27-24(28-18)23-8-4-5-11-30(23)25(31)21-10-9-19-6-2-3-7-20(19)16-21/h9-10,16-17,23H,2-8,11-15H2,1H3. The molecular weight excluding hydrogens is 416 g/mol. The van der Waals surface area contributed by atoms with E-state index in [2.05, 4.69) is 17.1 Å². The van der Waals surface area contributed by atoms with Crippen molar-refractivity contribution < 1.29 is 14.3 Å². The number of fused-ring (bicyclic) bond motifs is 1. The molecule has 3 heterocycles. The number of aromatic nitrogens is 2. The summed E-state index contributed by atoms with van der Waals surface area (Å²) in [5.74, 6) is 0.646. The largest absolute Gasteiger partial charge is 0.378 e. The van der Waals surface area contributed by atoms with Crippen LogP contribution in [0.4, 0.5) is 0 Å². The molecule has 174 valence electrons. The van der Waals surface area contributed by atoms with Crippen LogP contribution >= 0.6 is 0 Å². The highest BCUT2D eigenvalue weighted by molar-refractivity contribution is 5.95. The fraction of sp³-hybridized carbons (Fsp3) is 0.538. The lowest BCUT2D eigenvalue weighted by Crippen LogP contribution is -2.41. The van der Waals surface area contributed by atoms with Crippen LogP contribution in [-0.2, 0) is 17.6 Å². The Labute approximate surface area is 195 Å². The molecule has 1 aromatic carbocycles. The molecule has 0 N–H and O–H groups in total.